The molecule has 23 heavy (non-hydrogen) atoms. The molecule has 0 bridgehead atoms. The second-order valence-corrected chi connectivity index (χ2v) is 7.73. The molecule has 128 valence electrons. The van der Waals surface area contributed by atoms with E-state index in [4.69, 9.17) is 68.6 Å². The fourth-order valence-electron chi connectivity index (χ4n) is 1.91. The van der Waals surface area contributed by atoms with Crippen LogP contribution in [0.3, 0.4) is 0 Å². The number of thiocarbonyl (C=S) groups is 2. The minimum Gasteiger partial charge on any atom is -0.412 e. The predicted molar refractivity (Wildman–Crippen MR) is 96.5 cm³/mol. The van der Waals surface area contributed by atoms with Crippen LogP contribution in [-0.2, 0) is 63.7 Å². The van der Waals surface area contributed by atoms with E-state index in [2.05, 4.69) is 10.6 Å². The minimum absolute atomic E-state index is 0. The molecule has 11 heteroatoms. The van der Waals surface area contributed by atoms with Crippen LogP contribution in [0.4, 0.5) is 0 Å². The van der Waals surface area contributed by atoms with Crippen LogP contribution in [0.25, 0.3) is 0 Å². The van der Waals surface area contributed by atoms with Gasteiger partial charge in [-0.05, 0) is 13.8 Å². The summed E-state index contributed by atoms with van der Waals surface area (Å²) in [5, 5.41) is 5.91. The molecule has 2 aliphatic rings. The molecule has 0 aromatic rings. The summed E-state index contributed by atoms with van der Waals surface area (Å²) in [4.78, 5) is 0. The maximum Gasteiger partial charge on any atom is 2.00 e. The monoisotopic (exact) mass is 448 g/mol. The SMILES string of the molecule is CC1(NC(=S)[S-])COCOC1.CC1(NC(=S)[S-])COCOC1.[Zn+2]. The Balaban J connectivity index is 0.000000403. The van der Waals surface area contributed by atoms with Crippen LogP contribution in [0.15, 0.2) is 0 Å². The summed E-state index contributed by atoms with van der Waals surface area (Å²) in [6.45, 7) is 7.00. The van der Waals surface area contributed by atoms with Gasteiger partial charge < -0.3 is 79.3 Å². The van der Waals surface area contributed by atoms with E-state index in [1.165, 1.54) is 0 Å². The zero-order valence-corrected chi connectivity index (χ0v) is 19.4. The summed E-state index contributed by atoms with van der Waals surface area (Å²) in [5.41, 5.74) is -0.478. The maximum atomic E-state index is 5.10. The van der Waals surface area contributed by atoms with E-state index >= 15 is 0 Å². The third-order valence-corrected chi connectivity index (χ3v) is 3.23. The number of hydrogen-bond donors (Lipinski definition) is 2. The molecule has 0 aromatic carbocycles. The molecule has 0 saturated carbocycles. The van der Waals surface area contributed by atoms with Crippen LogP contribution in [-0.4, -0.2) is 59.7 Å². The number of hydrogen-bond acceptors (Lipinski definition) is 8. The molecule has 6 nitrogen and oxygen atoms in total. The largest absolute Gasteiger partial charge is 2.00 e. The summed E-state index contributed by atoms with van der Waals surface area (Å²) >= 11 is 19.0. The molecule has 2 rings (SSSR count). The molecule has 2 fully saturated rings. The Morgan fingerprint density at radius 3 is 1.26 bits per heavy atom. The van der Waals surface area contributed by atoms with Crippen molar-refractivity contribution in [2.75, 3.05) is 40.0 Å². The molecular formula is C12H20N2O4S4Zn. The van der Waals surface area contributed by atoms with Crippen molar-refractivity contribution >= 4 is 58.3 Å². The Labute approximate surface area is 171 Å². The fraction of sp³-hybridized carbons (Fsp3) is 0.833. The molecule has 0 spiro atoms. The summed E-state index contributed by atoms with van der Waals surface area (Å²) in [7, 11) is 0. The van der Waals surface area contributed by atoms with Gasteiger partial charge in [0.2, 0.25) is 0 Å². The predicted octanol–water partition coefficient (Wildman–Crippen LogP) is 0.339. The van der Waals surface area contributed by atoms with Crippen LogP contribution < -0.4 is 10.6 Å². The Morgan fingerprint density at radius 2 is 1.04 bits per heavy atom. The first kappa shape index (κ1) is 23.7. The van der Waals surface area contributed by atoms with Crippen LogP contribution in [0.5, 0.6) is 0 Å². The van der Waals surface area contributed by atoms with E-state index in [1.54, 1.807) is 0 Å². The normalized spacial score (nSPS) is 21.7. The van der Waals surface area contributed by atoms with Gasteiger partial charge in [0.1, 0.15) is 13.6 Å². The summed E-state index contributed by atoms with van der Waals surface area (Å²) in [5.74, 6) is 0. The van der Waals surface area contributed by atoms with Crippen molar-refractivity contribution in [3.63, 3.8) is 0 Å². The first-order valence-electron chi connectivity index (χ1n) is 6.54. The molecule has 2 saturated heterocycles. The van der Waals surface area contributed by atoms with Gasteiger partial charge >= 0.3 is 19.5 Å². The molecule has 2 N–H and O–H groups in total. The second kappa shape index (κ2) is 11.3. The molecule has 0 atom stereocenters. The van der Waals surface area contributed by atoms with Gasteiger partial charge in [-0.1, -0.05) is 8.64 Å². The van der Waals surface area contributed by atoms with Gasteiger partial charge in [0.25, 0.3) is 0 Å². The fourth-order valence-corrected chi connectivity index (χ4v) is 2.89. The molecule has 2 aliphatic heterocycles. The molecule has 0 unspecified atom stereocenters. The van der Waals surface area contributed by atoms with Gasteiger partial charge in [0.15, 0.2) is 0 Å². The van der Waals surface area contributed by atoms with E-state index in [0.717, 1.165) is 0 Å². The van der Waals surface area contributed by atoms with Gasteiger partial charge in [0, 0.05) is 0 Å². The molecule has 2 heterocycles. The van der Waals surface area contributed by atoms with Crippen molar-refractivity contribution in [1.82, 2.24) is 10.6 Å². The topological polar surface area (TPSA) is 61.0 Å². The second-order valence-electron chi connectivity index (χ2n) is 5.58. The minimum atomic E-state index is -0.239. The van der Waals surface area contributed by atoms with Gasteiger partial charge in [0.05, 0.1) is 37.5 Å². The average Bonchev–Trinajstić information content (AvgIpc) is 2.38. The van der Waals surface area contributed by atoms with Crippen LogP contribution in [0.2, 0.25) is 0 Å². The number of ether oxygens (including phenoxy) is 4. The Kier molecular flexibility index (Phi) is 11.7. The average molecular weight is 450 g/mol. The van der Waals surface area contributed by atoms with Crippen LogP contribution in [0.1, 0.15) is 13.8 Å². The standard InChI is InChI=1S/2C6H11NO2S2.Zn/c2*1-6(7-5(10)11)2-8-4-9-3-6;/h2*2-4H2,1H3,(H2,7,10,11);/q;;+2/p-2. The third kappa shape index (κ3) is 10.3. The Morgan fingerprint density at radius 1 is 0.783 bits per heavy atom. The quantitative estimate of drug-likeness (QED) is 0.350. The smallest absolute Gasteiger partial charge is 0.412 e. The molecule has 0 amide bonds. The Hall–Kier alpha value is 0.683. The summed E-state index contributed by atoms with van der Waals surface area (Å²) < 4.78 is 21.1. The van der Waals surface area contributed by atoms with E-state index < -0.39 is 0 Å². The van der Waals surface area contributed by atoms with Gasteiger partial charge in [-0.25, -0.2) is 0 Å². The maximum absolute atomic E-state index is 5.10. The van der Waals surface area contributed by atoms with Crippen molar-refractivity contribution in [2.45, 2.75) is 24.9 Å². The zero-order valence-electron chi connectivity index (χ0n) is 13.2. The number of rotatable bonds is 2. The summed E-state index contributed by atoms with van der Waals surface area (Å²) in [6, 6.07) is 0. The van der Waals surface area contributed by atoms with Crippen LogP contribution in [0, 0.1) is 0 Å². The van der Waals surface area contributed by atoms with E-state index in [1.807, 2.05) is 13.8 Å². The van der Waals surface area contributed by atoms with Gasteiger partial charge in [-0.3, -0.25) is 0 Å². The first-order valence-corrected chi connectivity index (χ1v) is 8.17. The Bertz CT molecular complexity index is 355. The zero-order chi connectivity index (χ0) is 16.6. The number of nitrogens with one attached hydrogen (secondary N) is 2. The third-order valence-electron chi connectivity index (χ3n) is 2.82. The van der Waals surface area contributed by atoms with E-state index in [0.29, 0.717) is 48.7 Å². The molecule has 0 radical (unpaired) electrons. The summed E-state index contributed by atoms with van der Waals surface area (Å²) in [6.07, 6.45) is 0. The van der Waals surface area contributed by atoms with E-state index in [-0.39, 0.29) is 30.6 Å². The van der Waals surface area contributed by atoms with Crippen molar-refractivity contribution in [3.8, 4) is 0 Å². The van der Waals surface area contributed by atoms with Gasteiger partial charge in [-0.2, -0.15) is 0 Å². The molecular weight excluding hydrogens is 430 g/mol. The van der Waals surface area contributed by atoms with E-state index in [9.17, 15) is 0 Å². The molecule has 0 aliphatic carbocycles. The molecule has 0 aromatic heterocycles. The van der Waals surface area contributed by atoms with Crippen molar-refractivity contribution < 1.29 is 38.4 Å². The van der Waals surface area contributed by atoms with Crippen molar-refractivity contribution in [2.24, 2.45) is 0 Å². The van der Waals surface area contributed by atoms with Crippen molar-refractivity contribution in [3.05, 3.63) is 0 Å². The van der Waals surface area contributed by atoms with Crippen molar-refractivity contribution in [1.29, 1.82) is 0 Å². The van der Waals surface area contributed by atoms with Crippen LogP contribution >= 0.6 is 24.4 Å². The first-order chi connectivity index (χ1) is 10.2. The van der Waals surface area contributed by atoms with Gasteiger partial charge in [-0.15, -0.1) is 0 Å².